The molecule has 0 aliphatic rings. The minimum Gasteiger partial charge on any atom is -0.298 e. The number of hydrogen-bond acceptors (Lipinski definition) is 5. The Morgan fingerprint density at radius 3 is 2.11 bits per heavy atom. The third-order valence-electron chi connectivity index (χ3n) is 3.45. The maximum Gasteiger partial charge on any atom is 0.263 e. The Morgan fingerprint density at radius 2 is 1.56 bits per heavy atom. The van der Waals surface area contributed by atoms with Crippen LogP contribution in [0.15, 0.2) is 23.1 Å². The molecule has 2 aromatic carbocycles. The number of anilines is 1. The Hall–Kier alpha value is -2.60. The highest BCUT2D eigenvalue weighted by atomic mass is 32.2. The molecule has 0 bridgehead atoms. The zero-order valence-corrected chi connectivity index (χ0v) is 14.7. The van der Waals surface area contributed by atoms with Gasteiger partial charge in [0.25, 0.3) is 5.91 Å². The molecule has 0 radical (unpaired) electrons. The largest absolute Gasteiger partial charge is 0.298 e. The molecule has 0 unspecified atom stereocenters. The fourth-order valence-corrected chi connectivity index (χ4v) is 3.77. The highest BCUT2D eigenvalue weighted by Crippen LogP contribution is 2.29. The Balaban J connectivity index is 2.00. The number of fused-ring (bicyclic) bond motifs is 1. The summed E-state index contributed by atoms with van der Waals surface area (Å²) >= 11 is 0.760. The second-order valence-electron chi connectivity index (χ2n) is 5.32. The first kappa shape index (κ1) is 19.2. The molecule has 0 aliphatic heterocycles. The number of halogens is 5. The number of hydrogen-bond donors (Lipinski definition) is 1. The molecule has 1 amide bonds. The van der Waals surface area contributed by atoms with Crippen molar-refractivity contribution in [1.82, 2.24) is 4.98 Å². The monoisotopic (exact) mass is 422 g/mol. The first-order valence-corrected chi connectivity index (χ1v) is 9.65. The average Bonchev–Trinajstić information content (AvgIpc) is 2.98. The number of sulfone groups is 1. The van der Waals surface area contributed by atoms with Crippen molar-refractivity contribution in [3.63, 3.8) is 0 Å². The van der Waals surface area contributed by atoms with E-state index in [0.29, 0.717) is 4.70 Å². The molecule has 0 atom stereocenters. The van der Waals surface area contributed by atoms with Crippen molar-refractivity contribution in [2.45, 2.75) is 4.90 Å². The molecule has 0 saturated carbocycles. The van der Waals surface area contributed by atoms with Crippen molar-refractivity contribution in [3.8, 4) is 0 Å². The average molecular weight is 422 g/mol. The summed E-state index contributed by atoms with van der Waals surface area (Å²) in [7, 11) is -3.50. The van der Waals surface area contributed by atoms with Gasteiger partial charge in [0.05, 0.1) is 15.1 Å². The number of aromatic nitrogens is 1. The van der Waals surface area contributed by atoms with E-state index in [2.05, 4.69) is 4.98 Å². The lowest BCUT2D eigenvalue weighted by molar-refractivity contribution is 0.101. The lowest BCUT2D eigenvalue weighted by Crippen LogP contribution is -2.19. The van der Waals surface area contributed by atoms with Crippen LogP contribution in [-0.4, -0.2) is 25.6 Å². The normalized spacial score (nSPS) is 11.8. The van der Waals surface area contributed by atoms with Gasteiger partial charge in [-0.05, 0) is 18.2 Å². The van der Waals surface area contributed by atoms with Crippen molar-refractivity contribution in [2.24, 2.45) is 0 Å². The van der Waals surface area contributed by atoms with Gasteiger partial charge in [-0.15, -0.1) is 0 Å². The number of nitrogens with zero attached hydrogens (tertiary/aromatic N) is 1. The Bertz CT molecular complexity index is 1180. The molecule has 1 heterocycles. The van der Waals surface area contributed by atoms with E-state index in [4.69, 9.17) is 0 Å². The molecule has 142 valence electrons. The summed E-state index contributed by atoms with van der Waals surface area (Å²) in [6.45, 7) is 0. The fourth-order valence-electron chi connectivity index (χ4n) is 2.15. The third kappa shape index (κ3) is 3.37. The second kappa shape index (κ2) is 6.53. The molecular formula is C15H7F5N2O3S2. The van der Waals surface area contributed by atoms with Gasteiger partial charge >= 0.3 is 0 Å². The minimum absolute atomic E-state index is 0.0173. The van der Waals surface area contributed by atoms with E-state index in [1.807, 2.05) is 5.32 Å². The number of carbonyl (C=O) groups is 1. The summed E-state index contributed by atoms with van der Waals surface area (Å²) in [5, 5.41) is 1.73. The van der Waals surface area contributed by atoms with E-state index in [0.717, 1.165) is 17.6 Å². The molecule has 3 rings (SSSR count). The van der Waals surface area contributed by atoms with Gasteiger partial charge in [-0.25, -0.2) is 35.4 Å². The molecular weight excluding hydrogens is 415 g/mol. The maximum atomic E-state index is 13.7. The maximum absolute atomic E-state index is 13.7. The zero-order chi connectivity index (χ0) is 20.1. The van der Waals surface area contributed by atoms with Gasteiger partial charge in [0, 0.05) is 6.26 Å². The Kier molecular flexibility index (Phi) is 4.64. The van der Waals surface area contributed by atoms with Gasteiger partial charge in [-0.3, -0.25) is 10.1 Å². The lowest BCUT2D eigenvalue weighted by Gasteiger charge is -2.07. The summed E-state index contributed by atoms with van der Waals surface area (Å²) in [5.74, 6) is -13.0. The number of nitrogens with one attached hydrogen (secondary N) is 1. The zero-order valence-electron chi connectivity index (χ0n) is 13.1. The smallest absolute Gasteiger partial charge is 0.263 e. The van der Waals surface area contributed by atoms with E-state index >= 15 is 0 Å². The number of benzene rings is 2. The molecule has 0 saturated heterocycles. The molecule has 12 heteroatoms. The van der Waals surface area contributed by atoms with Gasteiger partial charge in [0.15, 0.2) is 38.2 Å². The van der Waals surface area contributed by atoms with Gasteiger partial charge in [0.2, 0.25) is 5.82 Å². The van der Waals surface area contributed by atoms with Crippen LogP contribution in [0.25, 0.3) is 10.2 Å². The molecule has 27 heavy (non-hydrogen) atoms. The Morgan fingerprint density at radius 1 is 1.00 bits per heavy atom. The van der Waals surface area contributed by atoms with Crippen LogP contribution in [0.4, 0.5) is 27.1 Å². The van der Waals surface area contributed by atoms with Gasteiger partial charge < -0.3 is 0 Å². The van der Waals surface area contributed by atoms with Crippen LogP contribution in [0.5, 0.6) is 0 Å². The van der Waals surface area contributed by atoms with Crippen LogP contribution in [0.1, 0.15) is 10.4 Å². The number of amides is 1. The van der Waals surface area contributed by atoms with E-state index in [1.165, 1.54) is 18.2 Å². The van der Waals surface area contributed by atoms with Gasteiger partial charge in [-0.2, -0.15) is 0 Å². The lowest BCUT2D eigenvalue weighted by atomic mass is 10.1. The molecule has 0 aliphatic carbocycles. The summed E-state index contributed by atoms with van der Waals surface area (Å²) in [6, 6.07) is 3.89. The molecule has 0 spiro atoms. The minimum atomic E-state index is -3.50. The van der Waals surface area contributed by atoms with E-state index < -0.39 is 50.4 Å². The van der Waals surface area contributed by atoms with Crippen LogP contribution in [0, 0.1) is 29.1 Å². The topological polar surface area (TPSA) is 76.1 Å². The fraction of sp³-hybridized carbons (Fsp3) is 0.0667. The number of thiazole rings is 1. The third-order valence-corrected chi connectivity index (χ3v) is 5.49. The van der Waals surface area contributed by atoms with E-state index in [-0.39, 0.29) is 15.5 Å². The molecule has 0 fully saturated rings. The Labute approximate surface area is 152 Å². The van der Waals surface area contributed by atoms with Crippen LogP contribution in [-0.2, 0) is 9.84 Å². The predicted octanol–water partition coefficient (Wildman–Crippen LogP) is 3.65. The first-order chi connectivity index (χ1) is 12.5. The molecule has 3 aromatic rings. The van der Waals surface area contributed by atoms with Crippen molar-refractivity contribution in [3.05, 3.63) is 52.8 Å². The van der Waals surface area contributed by atoms with Crippen molar-refractivity contribution in [1.29, 1.82) is 0 Å². The second-order valence-corrected chi connectivity index (χ2v) is 8.37. The number of rotatable bonds is 3. The summed E-state index contributed by atoms with van der Waals surface area (Å²) < 4.78 is 90.2. The standard InChI is InChI=1S/C15H7F5N2O3S2/c1-27(24,25)5-2-3-6-7(4-5)26-15(21-6)22-14(23)8-9(16)11(18)13(20)12(19)10(8)17/h2-4H,1H3,(H,21,22,23). The predicted molar refractivity (Wildman–Crippen MR) is 86.9 cm³/mol. The SMILES string of the molecule is CS(=O)(=O)c1ccc2nc(NC(=O)c3c(F)c(F)c(F)c(F)c3F)sc2c1. The highest BCUT2D eigenvalue weighted by molar-refractivity contribution is 7.90. The van der Waals surface area contributed by atoms with Crippen LogP contribution in [0.3, 0.4) is 0 Å². The highest BCUT2D eigenvalue weighted by Gasteiger charge is 2.30. The first-order valence-electron chi connectivity index (χ1n) is 6.94. The molecule has 5 nitrogen and oxygen atoms in total. The van der Waals surface area contributed by atoms with Crippen molar-refractivity contribution < 1.29 is 35.2 Å². The summed E-state index contributed by atoms with van der Waals surface area (Å²) in [4.78, 5) is 15.9. The van der Waals surface area contributed by atoms with E-state index in [1.54, 1.807) is 0 Å². The van der Waals surface area contributed by atoms with Gasteiger partial charge in [-0.1, -0.05) is 11.3 Å². The van der Waals surface area contributed by atoms with E-state index in [9.17, 15) is 35.2 Å². The van der Waals surface area contributed by atoms with Crippen molar-refractivity contribution in [2.75, 3.05) is 11.6 Å². The quantitative estimate of drug-likeness (QED) is 0.397. The van der Waals surface area contributed by atoms with Gasteiger partial charge in [0.1, 0.15) is 5.56 Å². The van der Waals surface area contributed by atoms with Crippen molar-refractivity contribution >= 4 is 42.4 Å². The summed E-state index contributed by atoms with van der Waals surface area (Å²) in [5.41, 5.74) is -1.39. The number of carbonyl (C=O) groups excluding carboxylic acids is 1. The van der Waals surface area contributed by atoms with Crippen LogP contribution < -0.4 is 5.32 Å². The van der Waals surface area contributed by atoms with Crippen LogP contribution >= 0.6 is 11.3 Å². The molecule has 1 aromatic heterocycles. The molecule has 1 N–H and O–H groups in total. The summed E-state index contributed by atoms with van der Waals surface area (Å²) in [6.07, 6.45) is 0.987. The van der Waals surface area contributed by atoms with Crippen LogP contribution in [0.2, 0.25) is 0 Å².